The van der Waals surface area contributed by atoms with Gasteiger partial charge in [-0.3, -0.25) is 4.79 Å². The van der Waals surface area contributed by atoms with Crippen molar-refractivity contribution in [2.24, 2.45) is 0 Å². The number of nitro groups is 1. The lowest BCUT2D eigenvalue weighted by molar-refractivity contribution is -0.389. The van der Waals surface area contributed by atoms with E-state index >= 15 is 0 Å². The Kier molecular flexibility index (Phi) is 5.09. The number of fused-ring (bicyclic) bond motifs is 1. The molecule has 11 heteroatoms. The third-order valence-corrected chi connectivity index (χ3v) is 7.19. The summed E-state index contributed by atoms with van der Waals surface area (Å²) in [6.07, 6.45) is 5.63. The zero-order chi connectivity index (χ0) is 20.6. The molecule has 1 amide bonds. The number of nitrogens with zero attached hydrogens (tertiary/aromatic N) is 5. The van der Waals surface area contributed by atoms with Crippen LogP contribution < -0.4 is 4.90 Å². The summed E-state index contributed by atoms with van der Waals surface area (Å²) in [5.74, 6) is -0.540. The van der Waals surface area contributed by atoms with Gasteiger partial charge in [-0.2, -0.15) is 4.31 Å². The van der Waals surface area contributed by atoms with E-state index in [9.17, 15) is 23.3 Å². The van der Waals surface area contributed by atoms with Crippen molar-refractivity contribution < 1.29 is 18.1 Å². The Balaban J connectivity index is 1.56. The number of aromatic nitrogens is 2. The summed E-state index contributed by atoms with van der Waals surface area (Å²) >= 11 is 0. The second-order valence-corrected chi connectivity index (χ2v) is 9.15. The van der Waals surface area contributed by atoms with E-state index in [0.717, 1.165) is 24.8 Å². The highest BCUT2D eigenvalue weighted by atomic mass is 32.2. The molecule has 29 heavy (non-hydrogen) atoms. The lowest BCUT2D eigenvalue weighted by Crippen LogP contribution is -2.37. The van der Waals surface area contributed by atoms with Crippen molar-refractivity contribution in [1.82, 2.24) is 13.9 Å². The molecule has 1 fully saturated rings. The van der Waals surface area contributed by atoms with Crippen molar-refractivity contribution in [2.45, 2.75) is 37.1 Å². The zero-order valence-electron chi connectivity index (χ0n) is 15.7. The molecule has 2 aliphatic heterocycles. The third-order valence-electron chi connectivity index (χ3n) is 5.30. The summed E-state index contributed by atoms with van der Waals surface area (Å²) in [6.45, 7) is 1.52. The van der Waals surface area contributed by atoms with E-state index in [1.54, 1.807) is 23.1 Å². The van der Waals surface area contributed by atoms with Gasteiger partial charge >= 0.3 is 5.82 Å². The van der Waals surface area contributed by atoms with Crippen LogP contribution in [-0.2, 0) is 27.8 Å². The van der Waals surface area contributed by atoms with Gasteiger partial charge in [-0.1, -0.05) is 0 Å². The Morgan fingerprint density at radius 1 is 1.17 bits per heavy atom. The van der Waals surface area contributed by atoms with E-state index in [0.29, 0.717) is 31.7 Å². The summed E-state index contributed by atoms with van der Waals surface area (Å²) in [4.78, 5) is 28.5. The van der Waals surface area contributed by atoms with Gasteiger partial charge in [-0.05, 0) is 59.4 Å². The maximum absolute atomic E-state index is 12.8. The van der Waals surface area contributed by atoms with Gasteiger partial charge < -0.3 is 19.6 Å². The lowest BCUT2D eigenvalue weighted by Gasteiger charge is -2.30. The van der Waals surface area contributed by atoms with Crippen molar-refractivity contribution in [2.75, 3.05) is 24.5 Å². The van der Waals surface area contributed by atoms with Crippen LogP contribution in [-0.4, -0.2) is 52.7 Å². The molecule has 10 nitrogen and oxygen atoms in total. The Bertz CT molecular complexity index is 1060. The molecule has 2 aliphatic rings. The molecule has 4 rings (SSSR count). The average Bonchev–Trinajstić information content (AvgIpc) is 3.39. The number of hydrogen-bond donors (Lipinski definition) is 0. The highest BCUT2D eigenvalue weighted by Gasteiger charge is 2.30. The number of imidazole rings is 1. The largest absolute Gasteiger partial charge is 0.381 e. The molecule has 0 saturated carbocycles. The molecule has 1 saturated heterocycles. The minimum atomic E-state index is -3.51. The Morgan fingerprint density at radius 2 is 1.93 bits per heavy atom. The molecule has 0 aliphatic carbocycles. The number of carbonyl (C=O) groups excluding carboxylic acids is 1. The van der Waals surface area contributed by atoms with Crippen LogP contribution in [0.3, 0.4) is 0 Å². The summed E-state index contributed by atoms with van der Waals surface area (Å²) in [5, 5.41) is 10.8. The molecule has 0 unspecified atom stereocenters. The molecule has 1 aromatic carbocycles. The van der Waals surface area contributed by atoms with Gasteiger partial charge in [0.05, 0.1) is 4.90 Å². The predicted molar refractivity (Wildman–Crippen MR) is 104 cm³/mol. The summed E-state index contributed by atoms with van der Waals surface area (Å²) in [6, 6.07) is 4.91. The van der Waals surface area contributed by atoms with Gasteiger partial charge in [0.15, 0.2) is 0 Å². The number of carbonyl (C=O) groups is 1. The molecule has 154 valence electrons. The fourth-order valence-corrected chi connectivity index (χ4v) is 5.41. The molecule has 0 N–H and O–H groups in total. The van der Waals surface area contributed by atoms with Crippen molar-refractivity contribution in [3.05, 3.63) is 46.4 Å². The van der Waals surface area contributed by atoms with E-state index in [2.05, 4.69) is 4.98 Å². The standard InChI is InChI=1S/C18H21N5O5S/c24-18(12-20-11-17(19-13-20)23(25)26)22-9-3-4-14-10-15(5-6-16(14)22)29(27,28)21-7-1-2-8-21/h5-6,10-11,13H,1-4,7-9,12H2. The van der Waals surface area contributed by atoms with E-state index in [-0.39, 0.29) is 23.2 Å². The van der Waals surface area contributed by atoms with Crippen LogP contribution in [0, 0.1) is 10.1 Å². The number of anilines is 1. The Labute approximate surface area is 167 Å². The molecule has 0 radical (unpaired) electrons. The van der Waals surface area contributed by atoms with Crippen molar-refractivity contribution in [3.8, 4) is 0 Å². The van der Waals surface area contributed by atoms with E-state index in [1.807, 2.05) is 0 Å². The molecule has 0 bridgehead atoms. The fraction of sp³-hybridized carbons (Fsp3) is 0.444. The van der Waals surface area contributed by atoms with E-state index in [4.69, 9.17) is 0 Å². The highest BCUT2D eigenvalue weighted by molar-refractivity contribution is 7.89. The number of hydrogen-bond acceptors (Lipinski definition) is 6. The number of benzene rings is 1. The Morgan fingerprint density at radius 3 is 2.62 bits per heavy atom. The molecular formula is C18H21N5O5S. The van der Waals surface area contributed by atoms with E-state index < -0.39 is 14.9 Å². The van der Waals surface area contributed by atoms with Crippen LogP contribution in [0.4, 0.5) is 11.5 Å². The van der Waals surface area contributed by atoms with Crippen LogP contribution in [0.5, 0.6) is 0 Å². The van der Waals surface area contributed by atoms with Gasteiger partial charge in [-0.15, -0.1) is 0 Å². The van der Waals surface area contributed by atoms with Gasteiger partial charge in [0.25, 0.3) is 0 Å². The lowest BCUT2D eigenvalue weighted by atomic mass is 10.0. The zero-order valence-corrected chi connectivity index (χ0v) is 16.5. The first-order valence-electron chi connectivity index (χ1n) is 9.46. The van der Waals surface area contributed by atoms with Gasteiger partial charge in [-0.25, -0.2) is 8.42 Å². The number of sulfonamides is 1. The molecule has 0 atom stereocenters. The number of aryl methyl sites for hydroxylation is 1. The monoisotopic (exact) mass is 419 g/mol. The smallest absolute Gasteiger partial charge is 0.358 e. The first-order chi connectivity index (χ1) is 13.9. The Hall–Kier alpha value is -2.79. The van der Waals surface area contributed by atoms with Gasteiger partial charge in [0.1, 0.15) is 12.7 Å². The highest BCUT2D eigenvalue weighted by Crippen LogP contribution is 2.31. The maximum atomic E-state index is 12.8. The third kappa shape index (κ3) is 3.75. The fourth-order valence-electron chi connectivity index (χ4n) is 3.84. The van der Waals surface area contributed by atoms with Crippen LogP contribution in [0.15, 0.2) is 35.6 Å². The van der Waals surface area contributed by atoms with Crippen molar-refractivity contribution in [1.29, 1.82) is 0 Å². The van der Waals surface area contributed by atoms with Crippen molar-refractivity contribution in [3.63, 3.8) is 0 Å². The topological polar surface area (TPSA) is 119 Å². The molecule has 3 heterocycles. The minimum absolute atomic E-state index is 0.0753. The molecule has 0 spiro atoms. The second-order valence-electron chi connectivity index (χ2n) is 7.21. The summed E-state index contributed by atoms with van der Waals surface area (Å²) in [7, 11) is -3.51. The summed E-state index contributed by atoms with van der Waals surface area (Å²) in [5.41, 5.74) is 1.51. The predicted octanol–water partition coefficient (Wildman–Crippen LogP) is 1.56. The number of rotatable bonds is 5. The molecule has 1 aromatic heterocycles. The average molecular weight is 419 g/mol. The quantitative estimate of drug-likeness (QED) is 0.536. The normalized spacial score (nSPS) is 17.3. The number of amides is 1. The van der Waals surface area contributed by atoms with Crippen LogP contribution in [0.2, 0.25) is 0 Å². The SMILES string of the molecule is O=C(Cn1cnc([N+](=O)[O-])c1)N1CCCc2cc(S(=O)(=O)N3CCCC3)ccc21. The minimum Gasteiger partial charge on any atom is -0.358 e. The van der Waals surface area contributed by atoms with Crippen LogP contribution in [0.1, 0.15) is 24.8 Å². The van der Waals surface area contributed by atoms with Crippen molar-refractivity contribution >= 4 is 27.4 Å². The first kappa shape index (κ1) is 19.5. The second kappa shape index (κ2) is 7.56. The van der Waals surface area contributed by atoms with Gasteiger partial charge in [0, 0.05) is 25.3 Å². The van der Waals surface area contributed by atoms with E-state index in [1.165, 1.54) is 21.4 Å². The van der Waals surface area contributed by atoms with Crippen LogP contribution in [0.25, 0.3) is 0 Å². The first-order valence-corrected chi connectivity index (χ1v) is 10.9. The maximum Gasteiger partial charge on any atom is 0.381 e. The molecule has 2 aromatic rings. The van der Waals surface area contributed by atoms with Gasteiger partial charge in [0.2, 0.25) is 22.3 Å². The van der Waals surface area contributed by atoms with Crippen LogP contribution >= 0.6 is 0 Å². The summed E-state index contributed by atoms with van der Waals surface area (Å²) < 4.78 is 28.5. The molecular weight excluding hydrogens is 398 g/mol.